The van der Waals surface area contributed by atoms with Gasteiger partial charge in [-0.15, -0.1) is 0 Å². The lowest BCUT2D eigenvalue weighted by Crippen LogP contribution is -2.27. The van der Waals surface area contributed by atoms with Crippen molar-refractivity contribution < 1.29 is 4.79 Å². The number of amides is 1. The van der Waals surface area contributed by atoms with Crippen LogP contribution in [0.15, 0.2) is 24.3 Å². The Morgan fingerprint density at radius 3 is 2.84 bits per heavy atom. The van der Waals surface area contributed by atoms with E-state index in [1.165, 1.54) is 3.57 Å². The van der Waals surface area contributed by atoms with E-state index >= 15 is 0 Å². The molecule has 0 atom stereocenters. The summed E-state index contributed by atoms with van der Waals surface area (Å²) in [7, 11) is 1.91. The average molecular weight is 367 g/mol. The molecule has 1 aromatic heterocycles. The number of rotatable bonds is 2. The van der Waals surface area contributed by atoms with Gasteiger partial charge in [-0.2, -0.15) is 5.10 Å². The molecule has 98 valence electrons. The van der Waals surface area contributed by atoms with Gasteiger partial charge >= 0.3 is 0 Å². The van der Waals surface area contributed by atoms with Gasteiger partial charge in [0.25, 0.3) is 0 Å². The zero-order valence-electron chi connectivity index (χ0n) is 10.9. The van der Waals surface area contributed by atoms with E-state index in [1.807, 2.05) is 41.8 Å². The molecule has 0 fully saturated rings. The van der Waals surface area contributed by atoms with Crippen LogP contribution < -0.4 is 4.90 Å². The highest BCUT2D eigenvalue weighted by Crippen LogP contribution is 2.31. The second kappa shape index (κ2) is 4.63. The SMILES string of the molecule is Cc1cc(CN2C(=O)Cc3cc(I)ccc32)n(C)n1. The fourth-order valence-corrected chi connectivity index (χ4v) is 3.05. The van der Waals surface area contributed by atoms with E-state index in [0.29, 0.717) is 13.0 Å². The van der Waals surface area contributed by atoms with Gasteiger partial charge < -0.3 is 4.90 Å². The van der Waals surface area contributed by atoms with Crippen molar-refractivity contribution in [1.82, 2.24) is 9.78 Å². The summed E-state index contributed by atoms with van der Waals surface area (Å²) >= 11 is 2.28. The van der Waals surface area contributed by atoms with Crippen molar-refractivity contribution in [2.75, 3.05) is 4.90 Å². The molecule has 0 aliphatic carbocycles. The van der Waals surface area contributed by atoms with E-state index in [-0.39, 0.29) is 5.91 Å². The number of hydrogen-bond donors (Lipinski definition) is 0. The Morgan fingerprint density at radius 2 is 2.16 bits per heavy atom. The maximum Gasteiger partial charge on any atom is 0.231 e. The molecule has 0 spiro atoms. The first-order valence-corrected chi connectivity index (χ1v) is 7.21. The monoisotopic (exact) mass is 367 g/mol. The predicted octanol–water partition coefficient (Wildman–Crippen LogP) is 2.42. The van der Waals surface area contributed by atoms with Gasteiger partial charge in [0.2, 0.25) is 5.91 Å². The molecular weight excluding hydrogens is 353 g/mol. The van der Waals surface area contributed by atoms with Crippen LogP contribution in [-0.4, -0.2) is 15.7 Å². The molecule has 1 amide bonds. The summed E-state index contributed by atoms with van der Waals surface area (Å²) in [5.74, 6) is 0.163. The van der Waals surface area contributed by atoms with E-state index in [0.717, 1.165) is 22.6 Å². The van der Waals surface area contributed by atoms with Crippen LogP contribution in [0.4, 0.5) is 5.69 Å². The number of carbonyl (C=O) groups excluding carboxylic acids is 1. The van der Waals surface area contributed by atoms with E-state index in [2.05, 4.69) is 33.8 Å². The van der Waals surface area contributed by atoms with E-state index in [9.17, 15) is 4.79 Å². The van der Waals surface area contributed by atoms with Crippen LogP contribution >= 0.6 is 22.6 Å². The number of benzene rings is 1. The van der Waals surface area contributed by atoms with Gasteiger partial charge in [-0.05, 0) is 59.3 Å². The Kier molecular flexibility index (Phi) is 3.08. The number of carbonyl (C=O) groups is 1. The third-order valence-electron chi connectivity index (χ3n) is 3.39. The van der Waals surface area contributed by atoms with Crippen molar-refractivity contribution in [3.05, 3.63) is 44.8 Å². The van der Waals surface area contributed by atoms with E-state index in [4.69, 9.17) is 0 Å². The van der Waals surface area contributed by atoms with Gasteiger partial charge in [0.1, 0.15) is 0 Å². The second-order valence-electron chi connectivity index (χ2n) is 4.83. The number of fused-ring (bicyclic) bond motifs is 1. The average Bonchev–Trinajstić information content (AvgIpc) is 2.80. The first kappa shape index (κ1) is 12.7. The minimum atomic E-state index is 0.163. The Morgan fingerprint density at radius 1 is 1.37 bits per heavy atom. The highest BCUT2D eigenvalue weighted by atomic mass is 127. The van der Waals surface area contributed by atoms with Crippen molar-refractivity contribution in [1.29, 1.82) is 0 Å². The lowest BCUT2D eigenvalue weighted by molar-refractivity contribution is -0.117. The van der Waals surface area contributed by atoms with Gasteiger partial charge in [-0.3, -0.25) is 9.48 Å². The molecule has 0 N–H and O–H groups in total. The number of aromatic nitrogens is 2. The predicted molar refractivity (Wildman–Crippen MR) is 82.0 cm³/mol. The fraction of sp³-hybridized carbons (Fsp3) is 0.286. The van der Waals surface area contributed by atoms with Gasteiger partial charge in [-0.25, -0.2) is 0 Å². The Bertz CT molecular complexity index is 663. The van der Waals surface area contributed by atoms with Crippen molar-refractivity contribution in [2.45, 2.75) is 19.9 Å². The minimum absolute atomic E-state index is 0.163. The molecule has 1 aliphatic rings. The van der Waals surface area contributed by atoms with Crippen LogP contribution in [0.1, 0.15) is 17.0 Å². The quantitative estimate of drug-likeness (QED) is 0.765. The van der Waals surface area contributed by atoms with Gasteiger partial charge in [0, 0.05) is 16.3 Å². The molecule has 19 heavy (non-hydrogen) atoms. The number of anilines is 1. The van der Waals surface area contributed by atoms with Crippen molar-refractivity contribution in [3.8, 4) is 0 Å². The molecule has 4 nitrogen and oxygen atoms in total. The van der Waals surface area contributed by atoms with Gasteiger partial charge in [-0.1, -0.05) is 0 Å². The fourth-order valence-electron chi connectivity index (χ4n) is 2.50. The number of hydrogen-bond acceptors (Lipinski definition) is 2. The lowest BCUT2D eigenvalue weighted by atomic mass is 10.2. The molecule has 0 bridgehead atoms. The first-order chi connectivity index (χ1) is 9.04. The normalized spacial score (nSPS) is 14.1. The Labute approximate surface area is 125 Å². The third-order valence-corrected chi connectivity index (χ3v) is 4.07. The first-order valence-electron chi connectivity index (χ1n) is 6.13. The smallest absolute Gasteiger partial charge is 0.231 e. The van der Waals surface area contributed by atoms with Crippen LogP contribution in [0.3, 0.4) is 0 Å². The Hall–Kier alpha value is -1.37. The van der Waals surface area contributed by atoms with Crippen LogP contribution in [0.25, 0.3) is 0 Å². The number of nitrogens with zero attached hydrogens (tertiary/aromatic N) is 3. The Balaban J connectivity index is 1.94. The van der Waals surface area contributed by atoms with Crippen molar-refractivity contribution >= 4 is 34.2 Å². The van der Waals surface area contributed by atoms with Crippen LogP contribution in [0.2, 0.25) is 0 Å². The van der Waals surface area contributed by atoms with Crippen LogP contribution in [0, 0.1) is 10.5 Å². The summed E-state index contributed by atoms with van der Waals surface area (Å²) < 4.78 is 3.01. The third kappa shape index (κ3) is 2.27. The molecule has 0 saturated heterocycles. The lowest BCUT2D eigenvalue weighted by Gasteiger charge is -2.17. The molecule has 2 aromatic rings. The molecular formula is C14H14IN3O. The van der Waals surface area contributed by atoms with Crippen LogP contribution in [-0.2, 0) is 24.8 Å². The van der Waals surface area contributed by atoms with Crippen LogP contribution in [0.5, 0.6) is 0 Å². The standard InChI is InChI=1S/C14H14IN3O/c1-9-5-12(17(2)16-9)8-18-13-4-3-11(15)6-10(13)7-14(18)19/h3-6H,7-8H2,1-2H3. The van der Waals surface area contributed by atoms with Crippen molar-refractivity contribution in [2.24, 2.45) is 7.05 Å². The van der Waals surface area contributed by atoms with Gasteiger partial charge in [0.05, 0.1) is 24.4 Å². The highest BCUT2D eigenvalue weighted by Gasteiger charge is 2.27. The minimum Gasteiger partial charge on any atom is -0.306 e. The summed E-state index contributed by atoms with van der Waals surface area (Å²) in [6, 6.07) is 8.19. The molecule has 3 rings (SSSR count). The number of aryl methyl sites for hydroxylation is 2. The number of halogens is 1. The summed E-state index contributed by atoms with van der Waals surface area (Å²) in [5, 5.41) is 4.33. The maximum atomic E-state index is 12.2. The summed E-state index contributed by atoms with van der Waals surface area (Å²) in [6.07, 6.45) is 0.503. The highest BCUT2D eigenvalue weighted by molar-refractivity contribution is 14.1. The zero-order chi connectivity index (χ0) is 13.6. The largest absolute Gasteiger partial charge is 0.306 e. The molecule has 0 unspecified atom stereocenters. The van der Waals surface area contributed by atoms with E-state index < -0.39 is 0 Å². The molecule has 0 radical (unpaired) electrons. The molecule has 5 heteroatoms. The summed E-state index contributed by atoms with van der Waals surface area (Å²) in [4.78, 5) is 14.0. The summed E-state index contributed by atoms with van der Waals surface area (Å²) in [5.41, 5.74) is 4.18. The van der Waals surface area contributed by atoms with E-state index in [1.54, 1.807) is 0 Å². The molecule has 0 saturated carbocycles. The second-order valence-corrected chi connectivity index (χ2v) is 6.08. The topological polar surface area (TPSA) is 38.1 Å². The van der Waals surface area contributed by atoms with Gasteiger partial charge in [0.15, 0.2) is 0 Å². The molecule has 1 aromatic carbocycles. The maximum absolute atomic E-state index is 12.2. The zero-order valence-corrected chi connectivity index (χ0v) is 13.0. The molecule has 1 aliphatic heterocycles. The van der Waals surface area contributed by atoms with Crippen molar-refractivity contribution in [3.63, 3.8) is 0 Å². The summed E-state index contributed by atoms with van der Waals surface area (Å²) in [6.45, 7) is 2.55. The molecule has 2 heterocycles.